The van der Waals surface area contributed by atoms with Gasteiger partial charge in [0.15, 0.2) is 0 Å². The van der Waals surface area contributed by atoms with Crippen LogP contribution in [0.25, 0.3) is 0 Å². The van der Waals surface area contributed by atoms with Crippen molar-refractivity contribution in [2.75, 3.05) is 31.1 Å². The standard InChI is InChI=1S/C21H20Cl3N3OS/c22-15-3-1-14(2-4-15)19-12-26(13-20(28)21-25-7-10-29-21)8-9-27(19)18-6-5-16(23)11-17(18)24/h1-7,10-11,19-20,28H,8-9,12-13H2/t19-,20?/m0/s1. The maximum absolute atomic E-state index is 10.6. The number of nitrogens with zero attached hydrogens (tertiary/aromatic N) is 3. The zero-order valence-corrected chi connectivity index (χ0v) is 18.6. The summed E-state index contributed by atoms with van der Waals surface area (Å²) < 4.78 is 0. The molecule has 1 aliphatic heterocycles. The van der Waals surface area contributed by atoms with E-state index in [0.29, 0.717) is 21.6 Å². The Morgan fingerprint density at radius 2 is 1.83 bits per heavy atom. The van der Waals surface area contributed by atoms with Crippen molar-refractivity contribution in [3.8, 4) is 0 Å². The van der Waals surface area contributed by atoms with E-state index in [1.54, 1.807) is 12.3 Å². The molecule has 4 rings (SSSR count). The van der Waals surface area contributed by atoms with E-state index >= 15 is 0 Å². The summed E-state index contributed by atoms with van der Waals surface area (Å²) in [5.74, 6) is 0. The summed E-state index contributed by atoms with van der Waals surface area (Å²) in [7, 11) is 0. The highest BCUT2D eigenvalue weighted by molar-refractivity contribution is 7.09. The molecule has 2 heterocycles. The van der Waals surface area contributed by atoms with Crippen molar-refractivity contribution in [3.63, 3.8) is 0 Å². The summed E-state index contributed by atoms with van der Waals surface area (Å²) in [6, 6.07) is 13.6. The van der Waals surface area contributed by atoms with Crippen LogP contribution in [0.15, 0.2) is 54.0 Å². The number of β-amino-alcohol motifs (C(OH)–C–C–N with tert-alkyl or cyclic N) is 1. The number of rotatable bonds is 5. The van der Waals surface area contributed by atoms with Gasteiger partial charge in [-0.2, -0.15) is 0 Å². The molecule has 1 aliphatic rings. The minimum absolute atomic E-state index is 0.0724. The molecule has 0 aliphatic carbocycles. The molecular formula is C21H20Cl3N3OS. The second-order valence-electron chi connectivity index (χ2n) is 7.00. The molecule has 1 fully saturated rings. The van der Waals surface area contributed by atoms with E-state index in [-0.39, 0.29) is 6.04 Å². The second-order valence-corrected chi connectivity index (χ2v) is 9.21. The topological polar surface area (TPSA) is 39.6 Å². The molecule has 0 amide bonds. The van der Waals surface area contributed by atoms with Crippen molar-refractivity contribution in [3.05, 3.63) is 79.7 Å². The fraction of sp³-hybridized carbons (Fsp3) is 0.286. The summed E-state index contributed by atoms with van der Waals surface area (Å²) in [6.07, 6.45) is 1.13. The zero-order chi connectivity index (χ0) is 20.4. The Kier molecular flexibility index (Phi) is 6.64. The summed E-state index contributed by atoms with van der Waals surface area (Å²) in [5, 5.41) is 15.1. The Morgan fingerprint density at radius 3 is 2.52 bits per heavy atom. The van der Waals surface area contributed by atoms with Crippen LogP contribution in [-0.4, -0.2) is 41.2 Å². The van der Waals surface area contributed by atoms with Gasteiger partial charge in [-0.05, 0) is 35.9 Å². The molecule has 152 valence electrons. The number of aliphatic hydroxyl groups is 1. The van der Waals surface area contributed by atoms with Crippen LogP contribution < -0.4 is 4.90 Å². The predicted octanol–water partition coefficient (Wildman–Crippen LogP) is 5.70. The smallest absolute Gasteiger partial charge is 0.122 e. The molecule has 1 N–H and O–H groups in total. The molecule has 4 nitrogen and oxygen atoms in total. The van der Waals surface area contributed by atoms with Crippen molar-refractivity contribution >= 4 is 51.8 Å². The average molecular weight is 469 g/mol. The van der Waals surface area contributed by atoms with Gasteiger partial charge in [0.1, 0.15) is 11.1 Å². The van der Waals surface area contributed by atoms with E-state index in [1.807, 2.05) is 41.8 Å². The third-order valence-electron chi connectivity index (χ3n) is 5.11. The van der Waals surface area contributed by atoms with Gasteiger partial charge in [-0.1, -0.05) is 46.9 Å². The molecule has 8 heteroatoms. The van der Waals surface area contributed by atoms with E-state index in [1.165, 1.54) is 11.3 Å². The number of thiazole rings is 1. The van der Waals surface area contributed by atoms with Crippen molar-refractivity contribution < 1.29 is 5.11 Å². The van der Waals surface area contributed by atoms with E-state index in [2.05, 4.69) is 14.8 Å². The molecule has 0 radical (unpaired) electrons. The minimum Gasteiger partial charge on any atom is -0.385 e. The lowest BCUT2D eigenvalue weighted by Crippen LogP contribution is -2.49. The first-order chi connectivity index (χ1) is 14.0. The second kappa shape index (κ2) is 9.21. The molecule has 3 aromatic rings. The van der Waals surface area contributed by atoms with E-state index in [9.17, 15) is 5.11 Å². The first kappa shape index (κ1) is 20.9. The summed E-state index contributed by atoms with van der Waals surface area (Å²) in [6.45, 7) is 2.88. The number of anilines is 1. The van der Waals surface area contributed by atoms with Gasteiger partial charge in [0.05, 0.1) is 16.8 Å². The van der Waals surface area contributed by atoms with Gasteiger partial charge >= 0.3 is 0 Å². The molecule has 1 aromatic heterocycles. The maximum atomic E-state index is 10.6. The highest BCUT2D eigenvalue weighted by Gasteiger charge is 2.31. The highest BCUT2D eigenvalue weighted by Crippen LogP contribution is 2.37. The van der Waals surface area contributed by atoms with Gasteiger partial charge in [-0.3, -0.25) is 4.90 Å². The Bertz CT molecular complexity index is 952. The van der Waals surface area contributed by atoms with Crippen molar-refractivity contribution in [2.45, 2.75) is 12.1 Å². The number of aromatic nitrogens is 1. The minimum atomic E-state index is -0.591. The van der Waals surface area contributed by atoms with Gasteiger partial charge in [0, 0.05) is 47.8 Å². The van der Waals surface area contributed by atoms with Gasteiger partial charge in [0.25, 0.3) is 0 Å². The van der Waals surface area contributed by atoms with Crippen LogP contribution in [0.2, 0.25) is 15.1 Å². The normalized spacial score (nSPS) is 18.8. The van der Waals surface area contributed by atoms with Gasteiger partial charge < -0.3 is 10.0 Å². The summed E-state index contributed by atoms with van der Waals surface area (Å²) >= 11 is 20.2. The number of piperazine rings is 1. The van der Waals surface area contributed by atoms with Crippen molar-refractivity contribution in [1.29, 1.82) is 0 Å². The van der Waals surface area contributed by atoms with E-state index in [0.717, 1.165) is 35.9 Å². The third-order valence-corrected chi connectivity index (χ3v) is 6.77. The molecule has 2 aromatic carbocycles. The molecular weight excluding hydrogens is 449 g/mol. The Labute approximate surface area is 189 Å². The van der Waals surface area contributed by atoms with Crippen LogP contribution in [0.3, 0.4) is 0 Å². The maximum Gasteiger partial charge on any atom is 0.122 e. The molecule has 1 saturated heterocycles. The van der Waals surface area contributed by atoms with Crippen LogP contribution in [0, 0.1) is 0 Å². The fourth-order valence-electron chi connectivity index (χ4n) is 3.70. The number of hydrogen-bond acceptors (Lipinski definition) is 5. The quantitative estimate of drug-likeness (QED) is 0.521. The number of hydrogen-bond donors (Lipinski definition) is 1. The molecule has 0 bridgehead atoms. The highest BCUT2D eigenvalue weighted by atomic mass is 35.5. The largest absolute Gasteiger partial charge is 0.385 e. The molecule has 0 spiro atoms. The van der Waals surface area contributed by atoms with Crippen LogP contribution in [0.4, 0.5) is 5.69 Å². The van der Waals surface area contributed by atoms with E-state index in [4.69, 9.17) is 34.8 Å². The number of benzene rings is 2. The summed E-state index contributed by atoms with van der Waals surface area (Å²) in [4.78, 5) is 8.81. The average Bonchev–Trinajstić information content (AvgIpc) is 3.24. The lowest BCUT2D eigenvalue weighted by atomic mass is 10.0. The Hall–Kier alpha value is -1.34. The SMILES string of the molecule is OC(CN1CCN(c2ccc(Cl)cc2Cl)[C@H](c2ccc(Cl)cc2)C1)c1nccs1. The monoisotopic (exact) mass is 467 g/mol. The van der Waals surface area contributed by atoms with Gasteiger partial charge in [-0.15, -0.1) is 11.3 Å². The van der Waals surface area contributed by atoms with Crippen LogP contribution in [0.1, 0.15) is 22.7 Å². The third kappa shape index (κ3) is 4.88. The molecule has 0 saturated carbocycles. The van der Waals surface area contributed by atoms with Crippen LogP contribution in [0.5, 0.6) is 0 Å². The Morgan fingerprint density at radius 1 is 1.07 bits per heavy atom. The number of aliphatic hydroxyl groups excluding tert-OH is 1. The first-order valence-corrected chi connectivity index (χ1v) is 11.3. The molecule has 29 heavy (non-hydrogen) atoms. The fourth-order valence-corrected chi connectivity index (χ4v) is 4.96. The first-order valence-electron chi connectivity index (χ1n) is 9.28. The van der Waals surface area contributed by atoms with Crippen molar-refractivity contribution in [1.82, 2.24) is 9.88 Å². The van der Waals surface area contributed by atoms with Crippen LogP contribution >= 0.6 is 46.1 Å². The van der Waals surface area contributed by atoms with Crippen molar-refractivity contribution in [2.24, 2.45) is 0 Å². The lowest BCUT2D eigenvalue weighted by molar-refractivity contribution is 0.100. The number of halogens is 3. The van der Waals surface area contributed by atoms with Gasteiger partial charge in [-0.25, -0.2) is 4.98 Å². The van der Waals surface area contributed by atoms with Gasteiger partial charge in [0.2, 0.25) is 0 Å². The Balaban J connectivity index is 1.60. The summed E-state index contributed by atoms with van der Waals surface area (Å²) in [5.41, 5.74) is 2.10. The lowest BCUT2D eigenvalue weighted by Gasteiger charge is -2.43. The van der Waals surface area contributed by atoms with Crippen LogP contribution in [-0.2, 0) is 0 Å². The molecule has 1 unspecified atom stereocenters. The molecule has 2 atom stereocenters. The van der Waals surface area contributed by atoms with E-state index < -0.39 is 6.10 Å². The predicted molar refractivity (Wildman–Crippen MR) is 122 cm³/mol. The zero-order valence-electron chi connectivity index (χ0n) is 15.5.